The Hall–Kier alpha value is -2.02. The van der Waals surface area contributed by atoms with Gasteiger partial charge < -0.3 is 10.1 Å². The van der Waals surface area contributed by atoms with Crippen molar-refractivity contribution in [2.45, 2.75) is 4.34 Å². The van der Waals surface area contributed by atoms with E-state index in [4.69, 9.17) is 16.3 Å². The molecular formula is C18H15ClN2O2S2. The molecule has 0 saturated carbocycles. The summed E-state index contributed by atoms with van der Waals surface area (Å²) in [6, 6.07) is 15.1. The van der Waals surface area contributed by atoms with Crippen molar-refractivity contribution in [1.82, 2.24) is 4.98 Å². The van der Waals surface area contributed by atoms with Crippen LogP contribution in [0.4, 0.5) is 5.69 Å². The monoisotopic (exact) mass is 390 g/mol. The van der Waals surface area contributed by atoms with Crippen molar-refractivity contribution in [2.24, 2.45) is 0 Å². The summed E-state index contributed by atoms with van der Waals surface area (Å²) in [4.78, 5) is 16.7. The fourth-order valence-corrected chi connectivity index (χ4v) is 4.03. The normalized spacial score (nSPS) is 10.5. The number of amides is 1. The van der Waals surface area contributed by atoms with E-state index in [0.29, 0.717) is 16.5 Å². The summed E-state index contributed by atoms with van der Waals surface area (Å²) in [7, 11) is 1.55. The van der Waals surface area contributed by atoms with E-state index < -0.39 is 0 Å². The molecule has 7 heteroatoms. The van der Waals surface area contributed by atoms with Crippen molar-refractivity contribution < 1.29 is 9.53 Å². The smallest absolute Gasteiger partial charge is 0.234 e. The Morgan fingerprint density at radius 1 is 1.28 bits per heavy atom. The second kappa shape index (κ2) is 8.38. The number of rotatable bonds is 6. The van der Waals surface area contributed by atoms with Crippen LogP contribution in [-0.4, -0.2) is 23.8 Å². The number of anilines is 1. The van der Waals surface area contributed by atoms with Gasteiger partial charge in [0.2, 0.25) is 5.91 Å². The summed E-state index contributed by atoms with van der Waals surface area (Å²) in [5.41, 5.74) is 2.64. The van der Waals surface area contributed by atoms with E-state index >= 15 is 0 Å². The van der Waals surface area contributed by atoms with Gasteiger partial charge >= 0.3 is 0 Å². The number of benzene rings is 2. The van der Waals surface area contributed by atoms with E-state index in [1.54, 1.807) is 25.3 Å². The van der Waals surface area contributed by atoms with Gasteiger partial charge in [0.05, 0.1) is 23.6 Å². The summed E-state index contributed by atoms with van der Waals surface area (Å²) >= 11 is 9.00. The quantitative estimate of drug-likeness (QED) is 0.587. The number of carbonyl (C=O) groups excluding carboxylic acids is 1. The third kappa shape index (κ3) is 4.75. The molecule has 0 aliphatic heterocycles. The van der Waals surface area contributed by atoms with Crippen molar-refractivity contribution in [1.29, 1.82) is 0 Å². The molecule has 0 radical (unpaired) electrons. The van der Waals surface area contributed by atoms with Crippen LogP contribution in [0.2, 0.25) is 5.02 Å². The fraction of sp³-hybridized carbons (Fsp3) is 0.111. The Bertz CT molecular complexity index is 869. The number of halogens is 1. The van der Waals surface area contributed by atoms with Gasteiger partial charge in [-0.05, 0) is 18.2 Å². The van der Waals surface area contributed by atoms with Gasteiger partial charge in [-0.15, -0.1) is 11.3 Å². The SMILES string of the molecule is COc1ccc(NC(=O)CSc2nc(-c3ccccc3)cs2)cc1Cl. The number of ether oxygens (including phenoxy) is 1. The minimum Gasteiger partial charge on any atom is -0.495 e. The van der Waals surface area contributed by atoms with Crippen LogP contribution in [0.25, 0.3) is 11.3 Å². The molecule has 0 unspecified atom stereocenters. The molecule has 3 rings (SSSR count). The highest BCUT2D eigenvalue weighted by molar-refractivity contribution is 8.01. The maximum atomic E-state index is 12.1. The molecular weight excluding hydrogens is 376 g/mol. The maximum absolute atomic E-state index is 12.1. The van der Waals surface area contributed by atoms with E-state index in [1.165, 1.54) is 23.1 Å². The number of nitrogens with zero attached hydrogens (tertiary/aromatic N) is 1. The van der Waals surface area contributed by atoms with Gasteiger partial charge in [-0.2, -0.15) is 0 Å². The topological polar surface area (TPSA) is 51.2 Å². The van der Waals surface area contributed by atoms with Gasteiger partial charge in [0.25, 0.3) is 0 Å². The van der Waals surface area contributed by atoms with Gasteiger partial charge in [0.15, 0.2) is 4.34 Å². The Balaban J connectivity index is 1.56. The zero-order valence-electron chi connectivity index (χ0n) is 13.4. The number of nitrogens with one attached hydrogen (secondary N) is 1. The van der Waals surface area contributed by atoms with Gasteiger partial charge in [-0.1, -0.05) is 53.7 Å². The van der Waals surface area contributed by atoms with Crippen LogP contribution in [0.5, 0.6) is 5.75 Å². The second-order valence-corrected chi connectivity index (χ2v) is 7.54. The fourth-order valence-electron chi connectivity index (χ4n) is 2.13. The number of aromatic nitrogens is 1. The first-order chi connectivity index (χ1) is 12.2. The van der Waals surface area contributed by atoms with Crippen molar-refractivity contribution in [3.8, 4) is 17.0 Å². The summed E-state index contributed by atoms with van der Waals surface area (Å²) in [5, 5.41) is 5.28. The zero-order chi connectivity index (χ0) is 17.6. The molecule has 1 N–H and O–H groups in total. The molecule has 0 fully saturated rings. The maximum Gasteiger partial charge on any atom is 0.234 e. The standard InChI is InChI=1S/C18H15ClN2O2S2/c1-23-16-8-7-13(9-14(16)19)20-17(22)11-25-18-21-15(10-24-18)12-5-3-2-4-6-12/h2-10H,11H2,1H3,(H,20,22). The Morgan fingerprint density at radius 3 is 2.80 bits per heavy atom. The Kier molecular flexibility index (Phi) is 5.96. The number of carbonyl (C=O) groups is 1. The van der Waals surface area contributed by atoms with E-state index in [-0.39, 0.29) is 11.7 Å². The summed E-state index contributed by atoms with van der Waals surface area (Å²) in [5.74, 6) is 0.749. The summed E-state index contributed by atoms with van der Waals surface area (Å²) in [6.45, 7) is 0. The molecule has 1 aromatic heterocycles. The minimum absolute atomic E-state index is 0.109. The van der Waals surface area contributed by atoms with E-state index in [0.717, 1.165) is 15.6 Å². The lowest BCUT2D eigenvalue weighted by atomic mass is 10.2. The largest absolute Gasteiger partial charge is 0.495 e. The third-order valence-corrected chi connectivity index (χ3v) is 5.63. The van der Waals surface area contributed by atoms with Crippen molar-refractivity contribution >= 4 is 46.3 Å². The number of thioether (sulfide) groups is 1. The van der Waals surface area contributed by atoms with E-state index in [2.05, 4.69) is 10.3 Å². The zero-order valence-corrected chi connectivity index (χ0v) is 15.8. The molecule has 1 heterocycles. The molecule has 0 aliphatic carbocycles. The van der Waals surface area contributed by atoms with Gasteiger partial charge in [-0.25, -0.2) is 4.98 Å². The first-order valence-electron chi connectivity index (χ1n) is 7.43. The lowest BCUT2D eigenvalue weighted by Crippen LogP contribution is -2.13. The number of thiazole rings is 1. The van der Waals surface area contributed by atoms with Crippen molar-refractivity contribution in [3.05, 3.63) is 58.9 Å². The predicted molar refractivity (Wildman–Crippen MR) is 105 cm³/mol. The van der Waals surface area contributed by atoms with Gasteiger partial charge in [0.1, 0.15) is 5.75 Å². The van der Waals surface area contributed by atoms with Crippen LogP contribution in [0, 0.1) is 0 Å². The van der Waals surface area contributed by atoms with Crippen LogP contribution in [0.3, 0.4) is 0 Å². The van der Waals surface area contributed by atoms with Gasteiger partial charge in [0, 0.05) is 16.6 Å². The minimum atomic E-state index is -0.109. The lowest BCUT2D eigenvalue weighted by molar-refractivity contribution is -0.113. The third-order valence-electron chi connectivity index (χ3n) is 3.31. The molecule has 0 bridgehead atoms. The van der Waals surface area contributed by atoms with Crippen molar-refractivity contribution in [2.75, 3.05) is 18.2 Å². The van der Waals surface area contributed by atoms with Crippen LogP contribution in [-0.2, 0) is 4.79 Å². The molecule has 25 heavy (non-hydrogen) atoms. The van der Waals surface area contributed by atoms with Gasteiger partial charge in [-0.3, -0.25) is 4.79 Å². The van der Waals surface area contributed by atoms with Crippen LogP contribution in [0.1, 0.15) is 0 Å². The highest BCUT2D eigenvalue weighted by Crippen LogP contribution is 2.29. The molecule has 0 atom stereocenters. The average molecular weight is 391 g/mol. The molecule has 2 aromatic carbocycles. The molecule has 3 aromatic rings. The molecule has 0 saturated heterocycles. The van der Waals surface area contributed by atoms with Crippen LogP contribution < -0.4 is 10.1 Å². The highest BCUT2D eigenvalue weighted by Gasteiger charge is 2.09. The van der Waals surface area contributed by atoms with Crippen molar-refractivity contribution in [3.63, 3.8) is 0 Å². The Morgan fingerprint density at radius 2 is 2.08 bits per heavy atom. The number of hydrogen-bond acceptors (Lipinski definition) is 5. The first kappa shape index (κ1) is 17.8. The average Bonchev–Trinajstić information content (AvgIpc) is 3.10. The van der Waals surface area contributed by atoms with E-state index in [9.17, 15) is 4.79 Å². The number of methoxy groups -OCH3 is 1. The molecule has 4 nitrogen and oxygen atoms in total. The first-order valence-corrected chi connectivity index (χ1v) is 9.67. The lowest BCUT2D eigenvalue weighted by Gasteiger charge is -2.07. The van der Waals surface area contributed by atoms with Crippen LogP contribution in [0.15, 0.2) is 58.3 Å². The molecule has 1 amide bonds. The number of hydrogen-bond donors (Lipinski definition) is 1. The Labute approximate surface area is 159 Å². The molecule has 0 aliphatic rings. The summed E-state index contributed by atoms with van der Waals surface area (Å²) in [6.07, 6.45) is 0. The second-order valence-electron chi connectivity index (χ2n) is 5.05. The predicted octanol–water partition coefficient (Wildman–Crippen LogP) is 5.20. The summed E-state index contributed by atoms with van der Waals surface area (Å²) < 4.78 is 5.96. The highest BCUT2D eigenvalue weighted by atomic mass is 35.5. The van der Waals surface area contributed by atoms with E-state index in [1.807, 2.05) is 35.7 Å². The molecule has 128 valence electrons. The van der Waals surface area contributed by atoms with Crippen LogP contribution >= 0.6 is 34.7 Å². The molecule has 0 spiro atoms.